The lowest BCUT2D eigenvalue weighted by molar-refractivity contribution is 0.0663. The van der Waals surface area contributed by atoms with Gasteiger partial charge in [0.2, 0.25) is 0 Å². The lowest BCUT2D eigenvalue weighted by Crippen LogP contribution is -2.31. The van der Waals surface area contributed by atoms with Crippen LogP contribution < -0.4 is 5.32 Å². The lowest BCUT2D eigenvalue weighted by atomic mass is 9.80. The predicted molar refractivity (Wildman–Crippen MR) is 53.7 cm³/mol. The Morgan fingerprint density at radius 3 is 3.00 bits per heavy atom. The summed E-state index contributed by atoms with van der Waals surface area (Å²) in [5, 5.41) is 3.44. The van der Waals surface area contributed by atoms with E-state index in [4.69, 9.17) is 4.74 Å². The van der Waals surface area contributed by atoms with Crippen LogP contribution in [-0.4, -0.2) is 25.8 Å². The SMILES string of the molecule is CCNCC1COC2CCCCC12. The summed E-state index contributed by atoms with van der Waals surface area (Å²) in [6.07, 6.45) is 6.13. The molecule has 0 aromatic rings. The van der Waals surface area contributed by atoms with Crippen LogP contribution in [-0.2, 0) is 4.74 Å². The molecule has 2 heteroatoms. The molecule has 0 bridgehead atoms. The molecule has 1 aliphatic carbocycles. The molecule has 2 rings (SSSR count). The third-order valence-corrected chi connectivity index (χ3v) is 3.54. The summed E-state index contributed by atoms with van der Waals surface area (Å²) in [5.41, 5.74) is 0. The highest BCUT2D eigenvalue weighted by molar-refractivity contribution is 4.87. The first-order valence-corrected chi connectivity index (χ1v) is 5.74. The van der Waals surface area contributed by atoms with E-state index < -0.39 is 0 Å². The van der Waals surface area contributed by atoms with Gasteiger partial charge in [-0.05, 0) is 25.3 Å². The summed E-state index contributed by atoms with van der Waals surface area (Å²) in [4.78, 5) is 0. The number of nitrogens with one attached hydrogen (secondary N) is 1. The predicted octanol–water partition coefficient (Wildman–Crippen LogP) is 1.80. The Kier molecular flexibility index (Phi) is 3.23. The van der Waals surface area contributed by atoms with Crippen LogP contribution in [0.15, 0.2) is 0 Å². The first-order valence-electron chi connectivity index (χ1n) is 5.74. The maximum atomic E-state index is 5.83. The zero-order valence-electron chi connectivity index (χ0n) is 8.59. The van der Waals surface area contributed by atoms with Crippen LogP contribution in [0.4, 0.5) is 0 Å². The smallest absolute Gasteiger partial charge is 0.0607 e. The van der Waals surface area contributed by atoms with Gasteiger partial charge in [-0.15, -0.1) is 0 Å². The summed E-state index contributed by atoms with van der Waals surface area (Å²) < 4.78 is 5.83. The van der Waals surface area contributed by atoms with Crippen molar-refractivity contribution in [3.63, 3.8) is 0 Å². The van der Waals surface area contributed by atoms with Gasteiger partial charge in [0.1, 0.15) is 0 Å². The van der Waals surface area contributed by atoms with E-state index in [0.717, 1.165) is 31.5 Å². The topological polar surface area (TPSA) is 21.3 Å². The zero-order valence-corrected chi connectivity index (χ0v) is 8.59. The number of rotatable bonds is 3. The highest BCUT2D eigenvalue weighted by Gasteiger charge is 2.37. The molecule has 76 valence electrons. The minimum atomic E-state index is 0.609. The zero-order chi connectivity index (χ0) is 9.10. The number of fused-ring (bicyclic) bond motifs is 1. The fourth-order valence-electron chi connectivity index (χ4n) is 2.78. The Balaban J connectivity index is 1.84. The second-order valence-electron chi connectivity index (χ2n) is 4.39. The van der Waals surface area contributed by atoms with Crippen LogP contribution in [0, 0.1) is 11.8 Å². The van der Waals surface area contributed by atoms with Crippen molar-refractivity contribution in [2.45, 2.75) is 38.7 Å². The normalized spacial score (nSPS) is 39.0. The number of ether oxygens (including phenoxy) is 1. The minimum Gasteiger partial charge on any atom is -0.378 e. The van der Waals surface area contributed by atoms with Gasteiger partial charge >= 0.3 is 0 Å². The Hall–Kier alpha value is -0.0800. The van der Waals surface area contributed by atoms with Crippen molar-refractivity contribution in [1.29, 1.82) is 0 Å². The summed E-state index contributed by atoms with van der Waals surface area (Å²) in [5.74, 6) is 1.66. The Morgan fingerprint density at radius 1 is 1.31 bits per heavy atom. The third kappa shape index (κ3) is 2.05. The average molecular weight is 183 g/mol. The first kappa shape index (κ1) is 9.47. The maximum absolute atomic E-state index is 5.83. The van der Waals surface area contributed by atoms with Gasteiger partial charge in [0, 0.05) is 12.5 Å². The molecule has 0 amide bonds. The van der Waals surface area contributed by atoms with E-state index in [1.54, 1.807) is 0 Å². The molecule has 1 saturated heterocycles. The summed E-state index contributed by atoms with van der Waals surface area (Å²) in [6.45, 7) is 5.43. The molecule has 0 spiro atoms. The van der Waals surface area contributed by atoms with Crippen LogP contribution in [0.25, 0.3) is 0 Å². The van der Waals surface area contributed by atoms with Crippen LogP contribution in [0.5, 0.6) is 0 Å². The standard InChI is InChI=1S/C11H21NO/c1-2-12-7-9-8-13-11-6-4-3-5-10(9)11/h9-12H,2-8H2,1H3. The van der Waals surface area contributed by atoms with Crippen molar-refractivity contribution < 1.29 is 4.74 Å². The third-order valence-electron chi connectivity index (χ3n) is 3.54. The first-order chi connectivity index (χ1) is 6.42. The molecule has 1 aliphatic heterocycles. The highest BCUT2D eigenvalue weighted by atomic mass is 16.5. The fraction of sp³-hybridized carbons (Fsp3) is 1.00. The molecule has 1 saturated carbocycles. The quantitative estimate of drug-likeness (QED) is 0.720. The molecule has 13 heavy (non-hydrogen) atoms. The van der Waals surface area contributed by atoms with Gasteiger partial charge < -0.3 is 10.1 Å². The second kappa shape index (κ2) is 4.43. The van der Waals surface area contributed by atoms with Crippen LogP contribution in [0.3, 0.4) is 0 Å². The Morgan fingerprint density at radius 2 is 2.15 bits per heavy atom. The number of hydrogen-bond donors (Lipinski definition) is 1. The van der Waals surface area contributed by atoms with E-state index in [9.17, 15) is 0 Å². The van der Waals surface area contributed by atoms with Crippen LogP contribution in [0.2, 0.25) is 0 Å². The van der Waals surface area contributed by atoms with Crippen molar-refractivity contribution in [3.05, 3.63) is 0 Å². The maximum Gasteiger partial charge on any atom is 0.0607 e. The average Bonchev–Trinajstić information content (AvgIpc) is 2.58. The van der Waals surface area contributed by atoms with Gasteiger partial charge in [-0.1, -0.05) is 19.8 Å². The minimum absolute atomic E-state index is 0.609. The fourth-order valence-corrected chi connectivity index (χ4v) is 2.78. The van der Waals surface area contributed by atoms with Crippen molar-refractivity contribution in [2.75, 3.05) is 19.7 Å². The van der Waals surface area contributed by atoms with Gasteiger partial charge in [-0.2, -0.15) is 0 Å². The molecule has 2 fully saturated rings. The van der Waals surface area contributed by atoms with E-state index in [1.807, 2.05) is 0 Å². The molecule has 1 heterocycles. The summed E-state index contributed by atoms with van der Waals surface area (Å²) >= 11 is 0. The summed E-state index contributed by atoms with van der Waals surface area (Å²) in [7, 11) is 0. The summed E-state index contributed by atoms with van der Waals surface area (Å²) in [6, 6.07) is 0. The Labute approximate surface area is 81.0 Å². The molecule has 0 radical (unpaired) electrons. The van der Waals surface area contributed by atoms with Crippen molar-refractivity contribution >= 4 is 0 Å². The lowest BCUT2D eigenvalue weighted by Gasteiger charge is -2.27. The Bertz CT molecular complexity index is 160. The molecule has 0 aromatic carbocycles. The molecular formula is C11H21NO. The van der Waals surface area contributed by atoms with Gasteiger partial charge in [0.25, 0.3) is 0 Å². The van der Waals surface area contributed by atoms with E-state index in [0.29, 0.717) is 6.10 Å². The van der Waals surface area contributed by atoms with E-state index >= 15 is 0 Å². The molecule has 2 aliphatic rings. The molecule has 0 aromatic heterocycles. The molecule has 2 nitrogen and oxygen atoms in total. The molecule has 1 N–H and O–H groups in total. The van der Waals surface area contributed by atoms with E-state index in [-0.39, 0.29) is 0 Å². The van der Waals surface area contributed by atoms with Gasteiger partial charge in [0.15, 0.2) is 0 Å². The van der Waals surface area contributed by atoms with Crippen LogP contribution in [0.1, 0.15) is 32.6 Å². The molecule has 3 atom stereocenters. The van der Waals surface area contributed by atoms with Crippen LogP contribution >= 0.6 is 0 Å². The highest BCUT2D eigenvalue weighted by Crippen LogP contribution is 2.37. The van der Waals surface area contributed by atoms with Gasteiger partial charge in [0.05, 0.1) is 12.7 Å². The van der Waals surface area contributed by atoms with Gasteiger partial charge in [-0.25, -0.2) is 0 Å². The van der Waals surface area contributed by atoms with Crippen molar-refractivity contribution in [1.82, 2.24) is 5.32 Å². The number of hydrogen-bond acceptors (Lipinski definition) is 2. The second-order valence-corrected chi connectivity index (χ2v) is 4.39. The van der Waals surface area contributed by atoms with E-state index in [2.05, 4.69) is 12.2 Å². The molecule has 3 unspecified atom stereocenters. The van der Waals surface area contributed by atoms with E-state index in [1.165, 1.54) is 25.7 Å². The van der Waals surface area contributed by atoms with Crippen molar-refractivity contribution in [2.24, 2.45) is 11.8 Å². The largest absolute Gasteiger partial charge is 0.378 e. The van der Waals surface area contributed by atoms with Crippen molar-refractivity contribution in [3.8, 4) is 0 Å². The monoisotopic (exact) mass is 183 g/mol. The molecular weight excluding hydrogens is 162 g/mol. The van der Waals surface area contributed by atoms with Gasteiger partial charge in [-0.3, -0.25) is 0 Å².